The van der Waals surface area contributed by atoms with E-state index in [-0.39, 0.29) is 17.4 Å². The monoisotopic (exact) mass is 352 g/mol. The molecule has 0 aliphatic carbocycles. The van der Waals surface area contributed by atoms with E-state index in [1.807, 2.05) is 0 Å². The molecular formula is C15H13FN2O5S. The SMILES string of the molecule is O=C(CNS(=O)(=O)c1ccc2c(c1)OCO2)Nc1ccccc1F. The van der Waals surface area contributed by atoms with Gasteiger partial charge < -0.3 is 14.8 Å². The number of halogens is 1. The highest BCUT2D eigenvalue weighted by molar-refractivity contribution is 7.89. The molecule has 24 heavy (non-hydrogen) atoms. The van der Waals surface area contributed by atoms with Gasteiger partial charge in [0.05, 0.1) is 17.1 Å². The van der Waals surface area contributed by atoms with Gasteiger partial charge in [-0.05, 0) is 24.3 Å². The number of nitrogens with one attached hydrogen (secondary N) is 2. The van der Waals surface area contributed by atoms with E-state index >= 15 is 0 Å². The molecule has 0 bridgehead atoms. The van der Waals surface area contributed by atoms with E-state index in [0.717, 1.165) is 0 Å². The average Bonchev–Trinajstić information content (AvgIpc) is 3.03. The Labute approximate surface area is 137 Å². The van der Waals surface area contributed by atoms with Crippen molar-refractivity contribution in [3.63, 3.8) is 0 Å². The maximum absolute atomic E-state index is 13.4. The van der Waals surface area contributed by atoms with Crippen LogP contribution < -0.4 is 19.5 Å². The Morgan fingerprint density at radius 3 is 2.67 bits per heavy atom. The molecule has 0 saturated heterocycles. The molecule has 1 aliphatic rings. The Hall–Kier alpha value is -2.65. The summed E-state index contributed by atoms with van der Waals surface area (Å²) >= 11 is 0. The minimum atomic E-state index is -3.92. The van der Waals surface area contributed by atoms with Crippen LogP contribution >= 0.6 is 0 Å². The molecule has 0 saturated carbocycles. The first-order valence-corrected chi connectivity index (χ1v) is 8.38. The van der Waals surface area contributed by atoms with Gasteiger partial charge >= 0.3 is 0 Å². The molecule has 1 amide bonds. The summed E-state index contributed by atoms with van der Waals surface area (Å²) in [5.41, 5.74) is -0.0234. The predicted molar refractivity (Wildman–Crippen MR) is 82.8 cm³/mol. The van der Waals surface area contributed by atoms with Crippen LogP contribution in [0, 0.1) is 5.82 Å². The molecular weight excluding hydrogens is 339 g/mol. The van der Waals surface area contributed by atoms with Gasteiger partial charge in [-0.3, -0.25) is 4.79 Å². The second-order valence-corrected chi connectivity index (χ2v) is 6.63. The van der Waals surface area contributed by atoms with Crippen LogP contribution in [0.5, 0.6) is 11.5 Å². The van der Waals surface area contributed by atoms with E-state index in [1.54, 1.807) is 6.07 Å². The maximum Gasteiger partial charge on any atom is 0.241 e. The molecule has 0 fully saturated rings. The predicted octanol–water partition coefficient (Wildman–Crippen LogP) is 1.47. The molecule has 0 radical (unpaired) electrons. The lowest BCUT2D eigenvalue weighted by atomic mass is 10.3. The number of ether oxygens (including phenoxy) is 2. The second kappa shape index (κ2) is 6.46. The van der Waals surface area contributed by atoms with Crippen molar-refractivity contribution in [1.82, 2.24) is 4.72 Å². The van der Waals surface area contributed by atoms with Gasteiger partial charge in [0.1, 0.15) is 5.82 Å². The molecule has 1 aliphatic heterocycles. The third-order valence-corrected chi connectivity index (χ3v) is 4.62. The molecule has 0 aromatic heterocycles. The van der Waals surface area contributed by atoms with E-state index in [2.05, 4.69) is 10.0 Å². The summed E-state index contributed by atoms with van der Waals surface area (Å²) in [5, 5.41) is 2.29. The zero-order valence-corrected chi connectivity index (χ0v) is 13.1. The normalized spacial score (nSPS) is 12.9. The number of amides is 1. The smallest absolute Gasteiger partial charge is 0.241 e. The third-order valence-electron chi connectivity index (χ3n) is 3.23. The number of hydrogen-bond acceptors (Lipinski definition) is 5. The largest absolute Gasteiger partial charge is 0.454 e. The molecule has 7 nitrogen and oxygen atoms in total. The first kappa shape index (κ1) is 16.2. The Kier molecular flexibility index (Phi) is 4.36. The number of anilines is 1. The lowest BCUT2D eigenvalue weighted by Gasteiger charge is -2.09. The van der Waals surface area contributed by atoms with Crippen molar-refractivity contribution >= 4 is 21.6 Å². The Morgan fingerprint density at radius 2 is 1.88 bits per heavy atom. The molecule has 2 aromatic rings. The van der Waals surface area contributed by atoms with Gasteiger partial charge in [0.25, 0.3) is 0 Å². The van der Waals surface area contributed by atoms with Crippen molar-refractivity contribution in [2.75, 3.05) is 18.7 Å². The quantitative estimate of drug-likeness (QED) is 0.850. The highest BCUT2D eigenvalue weighted by Gasteiger charge is 2.21. The zero-order chi connectivity index (χ0) is 17.2. The topological polar surface area (TPSA) is 93.7 Å². The Balaban J connectivity index is 1.65. The van der Waals surface area contributed by atoms with E-state index in [9.17, 15) is 17.6 Å². The van der Waals surface area contributed by atoms with Crippen molar-refractivity contribution in [2.24, 2.45) is 0 Å². The number of para-hydroxylation sites is 1. The van der Waals surface area contributed by atoms with Crippen LogP contribution in [0.3, 0.4) is 0 Å². The highest BCUT2D eigenvalue weighted by Crippen LogP contribution is 2.33. The van der Waals surface area contributed by atoms with E-state index < -0.39 is 28.3 Å². The average molecular weight is 352 g/mol. The third kappa shape index (κ3) is 3.47. The maximum atomic E-state index is 13.4. The number of rotatable bonds is 5. The van der Waals surface area contributed by atoms with Crippen LogP contribution in [-0.4, -0.2) is 27.7 Å². The molecule has 2 N–H and O–H groups in total. The van der Waals surface area contributed by atoms with Crippen LogP contribution in [0.25, 0.3) is 0 Å². The summed E-state index contributed by atoms with van der Waals surface area (Å²) in [6, 6.07) is 9.70. The van der Waals surface area contributed by atoms with Crippen molar-refractivity contribution < 1.29 is 27.1 Å². The van der Waals surface area contributed by atoms with Crippen molar-refractivity contribution in [3.05, 3.63) is 48.3 Å². The first-order chi connectivity index (χ1) is 11.5. The zero-order valence-electron chi connectivity index (χ0n) is 12.3. The number of sulfonamides is 1. The van der Waals surface area contributed by atoms with Gasteiger partial charge in [-0.2, -0.15) is 0 Å². The molecule has 0 spiro atoms. The minimum absolute atomic E-state index is 0.0234. The van der Waals surface area contributed by atoms with Gasteiger partial charge in [0.15, 0.2) is 11.5 Å². The fraction of sp³-hybridized carbons (Fsp3) is 0.133. The van der Waals surface area contributed by atoms with Crippen molar-refractivity contribution in [3.8, 4) is 11.5 Å². The van der Waals surface area contributed by atoms with Crippen LogP contribution in [-0.2, 0) is 14.8 Å². The number of carbonyl (C=O) groups is 1. The summed E-state index contributed by atoms with van der Waals surface area (Å²) in [7, 11) is -3.92. The highest BCUT2D eigenvalue weighted by atomic mass is 32.2. The van der Waals surface area contributed by atoms with E-state index in [1.165, 1.54) is 36.4 Å². The Bertz CT molecular complexity index is 885. The van der Waals surface area contributed by atoms with Crippen LogP contribution in [0.15, 0.2) is 47.4 Å². The summed E-state index contributed by atoms with van der Waals surface area (Å²) in [5.74, 6) is -0.533. The summed E-state index contributed by atoms with van der Waals surface area (Å²) < 4.78 is 50.2. The number of fused-ring (bicyclic) bond motifs is 1. The van der Waals surface area contributed by atoms with Gasteiger partial charge in [-0.1, -0.05) is 12.1 Å². The van der Waals surface area contributed by atoms with Crippen LogP contribution in [0.4, 0.5) is 10.1 Å². The molecule has 126 valence electrons. The van der Waals surface area contributed by atoms with Crippen molar-refractivity contribution in [1.29, 1.82) is 0 Å². The van der Waals surface area contributed by atoms with Gasteiger partial charge in [-0.15, -0.1) is 0 Å². The Morgan fingerprint density at radius 1 is 1.12 bits per heavy atom. The van der Waals surface area contributed by atoms with Gasteiger partial charge in [-0.25, -0.2) is 17.5 Å². The minimum Gasteiger partial charge on any atom is -0.454 e. The van der Waals surface area contributed by atoms with Crippen molar-refractivity contribution in [2.45, 2.75) is 4.90 Å². The molecule has 3 rings (SSSR count). The van der Waals surface area contributed by atoms with E-state index in [0.29, 0.717) is 11.5 Å². The van der Waals surface area contributed by atoms with Crippen LogP contribution in [0.1, 0.15) is 0 Å². The van der Waals surface area contributed by atoms with Gasteiger partial charge in [0, 0.05) is 6.07 Å². The lowest BCUT2D eigenvalue weighted by Crippen LogP contribution is -2.33. The fourth-order valence-electron chi connectivity index (χ4n) is 2.04. The molecule has 0 unspecified atom stereocenters. The fourth-order valence-corrected chi connectivity index (χ4v) is 3.04. The second-order valence-electron chi connectivity index (χ2n) is 4.87. The summed E-state index contributed by atoms with van der Waals surface area (Å²) in [4.78, 5) is 11.7. The van der Waals surface area contributed by atoms with Crippen LogP contribution in [0.2, 0.25) is 0 Å². The lowest BCUT2D eigenvalue weighted by molar-refractivity contribution is -0.115. The molecule has 0 atom stereocenters. The molecule has 1 heterocycles. The summed E-state index contributed by atoms with van der Waals surface area (Å²) in [6.45, 7) is -0.511. The standard InChI is InChI=1S/C15H13FN2O5S/c16-11-3-1-2-4-12(11)18-15(19)8-17-24(20,21)10-5-6-13-14(7-10)23-9-22-13/h1-7,17H,8-9H2,(H,18,19). The van der Waals surface area contributed by atoms with E-state index in [4.69, 9.17) is 9.47 Å². The summed E-state index contributed by atoms with van der Waals surface area (Å²) in [6.07, 6.45) is 0. The number of carbonyl (C=O) groups excluding carboxylic acids is 1. The first-order valence-electron chi connectivity index (χ1n) is 6.89. The number of benzene rings is 2. The molecule has 9 heteroatoms. The van der Waals surface area contributed by atoms with Gasteiger partial charge in [0.2, 0.25) is 22.7 Å². The molecule has 2 aromatic carbocycles. The number of hydrogen-bond donors (Lipinski definition) is 2.